The molecule has 1 heterocycles. The topological polar surface area (TPSA) is 61.1 Å². The first-order chi connectivity index (χ1) is 16.1. The number of benzene rings is 3. The largest absolute Gasteiger partial charge is 0.612 e. The van der Waals surface area contributed by atoms with Gasteiger partial charge in [0.25, 0.3) is 0 Å². The molecule has 0 aliphatic heterocycles. The number of para-hydroxylation sites is 1. The molecule has 3 aromatic carbocycles. The van der Waals surface area contributed by atoms with Crippen molar-refractivity contribution in [2.24, 2.45) is 0 Å². The zero-order valence-electron chi connectivity index (χ0n) is 20.7. The summed E-state index contributed by atoms with van der Waals surface area (Å²) in [6.45, 7) is 9.97. The number of rotatable bonds is 6. The van der Waals surface area contributed by atoms with Gasteiger partial charge in [0.1, 0.15) is 17.7 Å². The van der Waals surface area contributed by atoms with Crippen molar-refractivity contribution in [2.45, 2.75) is 51.0 Å². The lowest BCUT2D eigenvalue weighted by Crippen LogP contribution is -2.15. The van der Waals surface area contributed by atoms with Gasteiger partial charge in [0.05, 0.1) is 11.4 Å². The number of aliphatic hydroxyl groups is 1. The van der Waals surface area contributed by atoms with Crippen molar-refractivity contribution in [1.82, 2.24) is 9.55 Å². The van der Waals surface area contributed by atoms with E-state index >= 15 is 0 Å². The van der Waals surface area contributed by atoms with Crippen LogP contribution in [0.2, 0.25) is 0 Å². The van der Waals surface area contributed by atoms with Crippen LogP contribution < -0.4 is 0 Å². The summed E-state index contributed by atoms with van der Waals surface area (Å²) in [5, 5.41) is 10.7. The Kier molecular flexibility index (Phi) is 6.72. The van der Waals surface area contributed by atoms with Crippen LogP contribution in [0.1, 0.15) is 50.4 Å². The van der Waals surface area contributed by atoms with Crippen LogP contribution in [0.5, 0.6) is 0 Å². The summed E-state index contributed by atoms with van der Waals surface area (Å²) in [5.41, 5.74) is 6.05. The second-order valence-corrected chi connectivity index (χ2v) is 11.0. The van der Waals surface area contributed by atoms with Crippen LogP contribution in [-0.2, 0) is 16.8 Å². The molecule has 0 aliphatic rings. The van der Waals surface area contributed by atoms with E-state index in [9.17, 15) is 9.66 Å². The third-order valence-corrected chi connectivity index (χ3v) is 7.04. The Morgan fingerprint density at radius 1 is 0.971 bits per heavy atom. The molecule has 0 saturated carbocycles. The fourth-order valence-electron chi connectivity index (χ4n) is 4.19. The fourth-order valence-corrected chi connectivity index (χ4v) is 4.76. The van der Waals surface area contributed by atoms with Crippen molar-refractivity contribution in [2.75, 3.05) is 6.26 Å². The van der Waals surface area contributed by atoms with E-state index in [4.69, 9.17) is 4.98 Å². The van der Waals surface area contributed by atoms with Gasteiger partial charge in [0.15, 0.2) is 4.90 Å². The van der Waals surface area contributed by atoms with Crippen molar-refractivity contribution in [3.8, 4) is 28.2 Å². The molecule has 176 valence electrons. The number of imidazole rings is 1. The molecular formula is C29H32N2O2S. The van der Waals surface area contributed by atoms with Crippen LogP contribution in [0.25, 0.3) is 28.2 Å². The predicted molar refractivity (Wildman–Crippen MR) is 141 cm³/mol. The van der Waals surface area contributed by atoms with Gasteiger partial charge in [0, 0.05) is 17.8 Å². The summed E-state index contributed by atoms with van der Waals surface area (Å²) < 4.78 is 14.0. The molecule has 1 N–H and O–H groups in total. The Hall–Kier alpha value is -2.86. The zero-order valence-corrected chi connectivity index (χ0v) is 21.5. The van der Waals surface area contributed by atoms with E-state index in [1.54, 1.807) is 20.1 Å². The van der Waals surface area contributed by atoms with Crippen molar-refractivity contribution in [1.29, 1.82) is 0 Å². The number of nitrogens with zero attached hydrogens (tertiary/aromatic N) is 2. The zero-order chi connectivity index (χ0) is 24.6. The standard InChI is InChI=1S/C29H32N2O2S/c1-19(2)24-12-7-8-13-26(24)31-18-27(29(4,5)32)30-28(31)25-15-14-22(16-20(25)3)21-10-9-11-23(17-21)34(6)33/h7-19,32H,1-6H3. The Morgan fingerprint density at radius 3 is 2.32 bits per heavy atom. The second-order valence-electron chi connectivity index (χ2n) is 9.60. The third-order valence-electron chi connectivity index (χ3n) is 6.12. The average molecular weight is 473 g/mol. The van der Waals surface area contributed by atoms with E-state index < -0.39 is 16.8 Å². The summed E-state index contributed by atoms with van der Waals surface area (Å²) >= 11 is -1.03. The molecule has 4 nitrogen and oxygen atoms in total. The van der Waals surface area contributed by atoms with E-state index in [0.717, 1.165) is 38.7 Å². The highest BCUT2D eigenvalue weighted by Crippen LogP contribution is 2.34. The van der Waals surface area contributed by atoms with E-state index in [1.807, 2.05) is 36.5 Å². The lowest BCUT2D eigenvalue weighted by Gasteiger charge is -2.17. The summed E-state index contributed by atoms with van der Waals surface area (Å²) in [5.74, 6) is 1.15. The van der Waals surface area contributed by atoms with Crippen molar-refractivity contribution < 1.29 is 9.66 Å². The van der Waals surface area contributed by atoms with Crippen LogP contribution in [0.4, 0.5) is 0 Å². The fraction of sp³-hybridized carbons (Fsp3) is 0.276. The maximum atomic E-state index is 11.9. The number of hydrogen-bond acceptors (Lipinski definition) is 3. The predicted octanol–water partition coefficient (Wildman–Crippen LogP) is 6.60. The minimum absolute atomic E-state index is 0.344. The van der Waals surface area contributed by atoms with E-state index in [0.29, 0.717) is 11.6 Å². The van der Waals surface area contributed by atoms with Gasteiger partial charge in [-0.25, -0.2) is 4.98 Å². The van der Waals surface area contributed by atoms with Crippen molar-refractivity contribution >= 4 is 11.2 Å². The molecular weight excluding hydrogens is 440 g/mol. The molecule has 1 unspecified atom stereocenters. The number of aryl methyl sites for hydroxylation is 1. The van der Waals surface area contributed by atoms with Gasteiger partial charge < -0.3 is 9.66 Å². The first kappa shape index (κ1) is 24.3. The summed E-state index contributed by atoms with van der Waals surface area (Å²) in [6.07, 6.45) is 3.65. The van der Waals surface area contributed by atoms with Gasteiger partial charge in [-0.3, -0.25) is 4.57 Å². The van der Waals surface area contributed by atoms with Gasteiger partial charge >= 0.3 is 0 Å². The molecule has 4 aromatic rings. The lowest BCUT2D eigenvalue weighted by molar-refractivity contribution is 0.0743. The highest BCUT2D eigenvalue weighted by Gasteiger charge is 2.24. The van der Waals surface area contributed by atoms with Crippen LogP contribution in [0, 0.1) is 6.92 Å². The highest BCUT2D eigenvalue weighted by molar-refractivity contribution is 7.90. The van der Waals surface area contributed by atoms with Crippen LogP contribution in [0.3, 0.4) is 0 Å². The molecule has 0 fully saturated rings. The molecule has 34 heavy (non-hydrogen) atoms. The van der Waals surface area contributed by atoms with Gasteiger partial charge in [0.2, 0.25) is 0 Å². The monoisotopic (exact) mass is 472 g/mol. The van der Waals surface area contributed by atoms with Gasteiger partial charge in [-0.15, -0.1) is 0 Å². The molecule has 0 amide bonds. The highest BCUT2D eigenvalue weighted by atomic mass is 32.2. The van der Waals surface area contributed by atoms with Crippen LogP contribution >= 0.6 is 0 Å². The minimum Gasteiger partial charge on any atom is -0.612 e. The normalized spacial score (nSPS) is 12.9. The average Bonchev–Trinajstić information content (AvgIpc) is 3.24. The quantitative estimate of drug-likeness (QED) is 0.322. The van der Waals surface area contributed by atoms with Crippen molar-refractivity contribution in [3.05, 3.63) is 89.7 Å². The Morgan fingerprint density at radius 2 is 1.68 bits per heavy atom. The summed E-state index contributed by atoms with van der Waals surface area (Å²) in [6, 6.07) is 22.5. The van der Waals surface area contributed by atoms with Crippen LogP contribution in [-0.4, -0.2) is 25.5 Å². The Bertz CT molecular complexity index is 1320. The Balaban J connectivity index is 1.87. The van der Waals surface area contributed by atoms with Gasteiger partial charge in [-0.2, -0.15) is 0 Å². The third kappa shape index (κ3) is 4.83. The van der Waals surface area contributed by atoms with E-state index in [1.165, 1.54) is 5.56 Å². The lowest BCUT2D eigenvalue weighted by atomic mass is 9.98. The van der Waals surface area contributed by atoms with Crippen LogP contribution in [0.15, 0.2) is 77.8 Å². The first-order valence-electron chi connectivity index (χ1n) is 11.5. The SMILES string of the molecule is Cc1cc(-c2cccc([S+](C)[O-])c2)ccc1-c1nc(C(C)(C)O)cn1-c1ccccc1C(C)C. The molecule has 0 bridgehead atoms. The first-order valence-corrected chi connectivity index (χ1v) is 13.1. The summed E-state index contributed by atoms with van der Waals surface area (Å²) in [4.78, 5) is 5.72. The summed E-state index contributed by atoms with van der Waals surface area (Å²) in [7, 11) is 0. The Labute approximate surface area is 205 Å². The number of hydrogen-bond donors (Lipinski definition) is 1. The molecule has 0 spiro atoms. The van der Waals surface area contributed by atoms with Gasteiger partial charge in [-0.05, 0) is 72.3 Å². The maximum Gasteiger partial charge on any atom is 0.153 e. The molecule has 5 heteroatoms. The molecule has 0 radical (unpaired) electrons. The van der Waals surface area contributed by atoms with Crippen molar-refractivity contribution in [3.63, 3.8) is 0 Å². The minimum atomic E-state index is -1.06. The smallest absolute Gasteiger partial charge is 0.153 e. The number of aromatic nitrogens is 2. The molecule has 0 saturated heterocycles. The molecule has 0 aliphatic carbocycles. The molecule has 4 rings (SSSR count). The van der Waals surface area contributed by atoms with E-state index in [-0.39, 0.29) is 0 Å². The molecule has 1 aromatic heterocycles. The maximum absolute atomic E-state index is 11.9. The van der Waals surface area contributed by atoms with Gasteiger partial charge in [-0.1, -0.05) is 62.4 Å². The molecule has 1 atom stereocenters. The van der Waals surface area contributed by atoms with E-state index in [2.05, 4.69) is 61.7 Å². The second kappa shape index (κ2) is 9.41.